The molecule has 1 aliphatic rings. The lowest BCUT2D eigenvalue weighted by atomic mass is 10.1. The van der Waals surface area contributed by atoms with Gasteiger partial charge in [0.15, 0.2) is 0 Å². The van der Waals surface area contributed by atoms with Gasteiger partial charge < -0.3 is 4.74 Å². The first kappa shape index (κ1) is 14.6. The summed E-state index contributed by atoms with van der Waals surface area (Å²) in [7, 11) is 1.69. The van der Waals surface area contributed by atoms with Crippen LogP contribution in [-0.2, 0) is 13.1 Å². The van der Waals surface area contributed by atoms with Gasteiger partial charge in [0.1, 0.15) is 5.75 Å². The topological polar surface area (TPSA) is 36.3 Å². The molecule has 1 aliphatic carbocycles. The fourth-order valence-corrected chi connectivity index (χ4v) is 2.64. The quantitative estimate of drug-likeness (QED) is 0.814. The van der Waals surface area contributed by atoms with Crippen LogP contribution in [0.4, 0.5) is 0 Å². The van der Waals surface area contributed by atoms with Crippen LogP contribution in [0.5, 0.6) is 5.75 Å². The van der Waals surface area contributed by atoms with Crippen molar-refractivity contribution in [3.8, 4) is 11.8 Å². The second-order valence-electron chi connectivity index (χ2n) is 5.79. The Hall–Kier alpha value is -2.31. The maximum absolute atomic E-state index is 8.88. The van der Waals surface area contributed by atoms with Gasteiger partial charge in [0, 0.05) is 19.1 Å². The molecule has 0 aliphatic heterocycles. The van der Waals surface area contributed by atoms with Gasteiger partial charge >= 0.3 is 0 Å². The molecule has 2 aromatic rings. The molecule has 3 nitrogen and oxygen atoms in total. The molecular weight excluding hydrogens is 272 g/mol. The van der Waals surface area contributed by atoms with Gasteiger partial charge in [0.25, 0.3) is 0 Å². The molecule has 3 heteroatoms. The van der Waals surface area contributed by atoms with Crippen LogP contribution in [0.15, 0.2) is 48.5 Å². The molecule has 22 heavy (non-hydrogen) atoms. The number of nitriles is 1. The molecule has 112 valence electrons. The highest BCUT2D eigenvalue weighted by Gasteiger charge is 2.28. The van der Waals surface area contributed by atoms with E-state index in [-0.39, 0.29) is 0 Å². The summed E-state index contributed by atoms with van der Waals surface area (Å²) in [5.74, 6) is 0.897. The fourth-order valence-electron chi connectivity index (χ4n) is 2.64. The lowest BCUT2D eigenvalue weighted by molar-refractivity contribution is 0.245. The zero-order chi connectivity index (χ0) is 15.4. The third-order valence-corrected chi connectivity index (χ3v) is 4.08. The van der Waals surface area contributed by atoms with Gasteiger partial charge in [-0.05, 0) is 48.2 Å². The van der Waals surface area contributed by atoms with E-state index in [0.717, 1.165) is 24.4 Å². The van der Waals surface area contributed by atoms with E-state index in [1.54, 1.807) is 7.11 Å². The predicted octanol–water partition coefficient (Wildman–Crippen LogP) is 3.73. The van der Waals surface area contributed by atoms with Crippen molar-refractivity contribution in [1.29, 1.82) is 5.26 Å². The average Bonchev–Trinajstić information content (AvgIpc) is 3.40. The Balaban J connectivity index is 1.68. The molecule has 0 bridgehead atoms. The van der Waals surface area contributed by atoms with Crippen molar-refractivity contribution in [3.05, 3.63) is 65.2 Å². The molecule has 0 saturated heterocycles. The highest BCUT2D eigenvalue weighted by atomic mass is 16.5. The number of nitrogens with zero attached hydrogens (tertiary/aromatic N) is 2. The molecule has 0 unspecified atom stereocenters. The maximum atomic E-state index is 8.88. The minimum absolute atomic E-state index is 0.692. The first-order valence-corrected chi connectivity index (χ1v) is 7.64. The summed E-state index contributed by atoms with van der Waals surface area (Å²) in [5, 5.41) is 8.88. The Labute approximate surface area is 131 Å². The monoisotopic (exact) mass is 292 g/mol. The van der Waals surface area contributed by atoms with Gasteiger partial charge in [-0.2, -0.15) is 5.26 Å². The van der Waals surface area contributed by atoms with Gasteiger partial charge in [0.2, 0.25) is 0 Å². The zero-order valence-corrected chi connectivity index (χ0v) is 12.8. The molecule has 0 heterocycles. The number of hydrogen-bond acceptors (Lipinski definition) is 3. The van der Waals surface area contributed by atoms with Crippen molar-refractivity contribution in [2.24, 2.45) is 0 Å². The molecule has 1 saturated carbocycles. The summed E-state index contributed by atoms with van der Waals surface area (Å²) in [6, 6.07) is 19.1. The Bertz CT molecular complexity index is 651. The van der Waals surface area contributed by atoms with E-state index in [2.05, 4.69) is 35.2 Å². The Morgan fingerprint density at radius 3 is 2.00 bits per heavy atom. The normalized spacial score (nSPS) is 13.9. The molecule has 0 amide bonds. The molecule has 0 aromatic heterocycles. The summed E-state index contributed by atoms with van der Waals surface area (Å²) in [5.41, 5.74) is 3.29. The van der Waals surface area contributed by atoms with E-state index >= 15 is 0 Å². The van der Waals surface area contributed by atoms with Crippen LogP contribution in [0.3, 0.4) is 0 Å². The summed E-state index contributed by atoms with van der Waals surface area (Å²) < 4.78 is 5.21. The highest BCUT2D eigenvalue weighted by Crippen LogP contribution is 2.30. The lowest BCUT2D eigenvalue weighted by Gasteiger charge is -2.22. The van der Waals surface area contributed by atoms with Crippen LogP contribution < -0.4 is 4.74 Å². The number of benzene rings is 2. The van der Waals surface area contributed by atoms with Crippen LogP contribution in [-0.4, -0.2) is 18.1 Å². The van der Waals surface area contributed by atoms with Crippen LogP contribution in [0.1, 0.15) is 29.5 Å². The SMILES string of the molecule is COc1ccc(CN(Cc2ccc(C#N)cc2)C2CC2)cc1. The predicted molar refractivity (Wildman–Crippen MR) is 86.4 cm³/mol. The standard InChI is InChI=1S/C19H20N2O/c1-22-19-10-6-17(7-11-19)14-21(18-8-9-18)13-16-4-2-15(12-20)3-5-16/h2-7,10-11,18H,8-9,13-14H2,1H3. The molecule has 3 rings (SSSR count). The largest absolute Gasteiger partial charge is 0.497 e. The maximum Gasteiger partial charge on any atom is 0.118 e. The van der Waals surface area contributed by atoms with Crippen molar-refractivity contribution >= 4 is 0 Å². The minimum Gasteiger partial charge on any atom is -0.497 e. The minimum atomic E-state index is 0.692. The molecule has 0 radical (unpaired) electrons. The molecule has 0 N–H and O–H groups in total. The molecule has 0 atom stereocenters. The molecule has 0 spiro atoms. The number of hydrogen-bond donors (Lipinski definition) is 0. The van der Waals surface area contributed by atoms with E-state index in [9.17, 15) is 0 Å². The molecule has 1 fully saturated rings. The first-order valence-electron chi connectivity index (χ1n) is 7.64. The average molecular weight is 292 g/mol. The van der Waals surface area contributed by atoms with Gasteiger partial charge in [0.05, 0.1) is 18.7 Å². The highest BCUT2D eigenvalue weighted by molar-refractivity contribution is 5.32. The third-order valence-electron chi connectivity index (χ3n) is 4.08. The van der Waals surface area contributed by atoms with E-state index in [0.29, 0.717) is 6.04 Å². The molecule has 2 aromatic carbocycles. The van der Waals surface area contributed by atoms with Gasteiger partial charge in [-0.1, -0.05) is 24.3 Å². The van der Waals surface area contributed by atoms with Crippen molar-refractivity contribution in [1.82, 2.24) is 4.90 Å². The van der Waals surface area contributed by atoms with Crippen molar-refractivity contribution in [2.75, 3.05) is 7.11 Å². The van der Waals surface area contributed by atoms with Gasteiger partial charge in [-0.25, -0.2) is 0 Å². The number of methoxy groups -OCH3 is 1. The summed E-state index contributed by atoms with van der Waals surface area (Å²) in [4.78, 5) is 2.52. The summed E-state index contributed by atoms with van der Waals surface area (Å²) >= 11 is 0. The first-order chi connectivity index (χ1) is 10.8. The summed E-state index contributed by atoms with van der Waals surface area (Å²) in [6.45, 7) is 1.89. The van der Waals surface area contributed by atoms with E-state index < -0.39 is 0 Å². The lowest BCUT2D eigenvalue weighted by Crippen LogP contribution is -2.25. The zero-order valence-electron chi connectivity index (χ0n) is 12.8. The smallest absolute Gasteiger partial charge is 0.118 e. The van der Waals surface area contributed by atoms with E-state index in [1.807, 2.05) is 24.3 Å². The van der Waals surface area contributed by atoms with Gasteiger partial charge in [-0.15, -0.1) is 0 Å². The third kappa shape index (κ3) is 3.66. The van der Waals surface area contributed by atoms with Crippen molar-refractivity contribution in [2.45, 2.75) is 32.0 Å². The Kier molecular flexibility index (Phi) is 4.41. The fraction of sp³-hybridized carbons (Fsp3) is 0.316. The van der Waals surface area contributed by atoms with Crippen molar-refractivity contribution in [3.63, 3.8) is 0 Å². The Morgan fingerprint density at radius 2 is 1.55 bits per heavy atom. The van der Waals surface area contributed by atoms with Crippen LogP contribution in [0.25, 0.3) is 0 Å². The van der Waals surface area contributed by atoms with Crippen molar-refractivity contribution < 1.29 is 4.74 Å². The Morgan fingerprint density at radius 1 is 1.00 bits per heavy atom. The van der Waals surface area contributed by atoms with Crippen LogP contribution in [0, 0.1) is 11.3 Å². The number of rotatable bonds is 6. The van der Waals surface area contributed by atoms with Gasteiger partial charge in [-0.3, -0.25) is 4.90 Å². The molecular formula is C19H20N2O. The van der Waals surface area contributed by atoms with Crippen LogP contribution >= 0.6 is 0 Å². The second kappa shape index (κ2) is 6.64. The van der Waals surface area contributed by atoms with E-state index in [4.69, 9.17) is 10.00 Å². The summed E-state index contributed by atoms with van der Waals surface area (Å²) in [6.07, 6.45) is 2.57. The van der Waals surface area contributed by atoms with Crippen LogP contribution in [0.2, 0.25) is 0 Å². The second-order valence-corrected chi connectivity index (χ2v) is 5.79. The van der Waals surface area contributed by atoms with E-state index in [1.165, 1.54) is 24.0 Å². The number of ether oxygens (including phenoxy) is 1.